The lowest BCUT2D eigenvalue weighted by molar-refractivity contribution is 0.510. The summed E-state index contributed by atoms with van der Waals surface area (Å²) >= 11 is 1.50. The molecule has 0 radical (unpaired) electrons. The van der Waals surface area contributed by atoms with Crippen molar-refractivity contribution in [2.45, 2.75) is 25.7 Å². The molecule has 92 valence electrons. The Morgan fingerprint density at radius 3 is 2.71 bits per heavy atom. The second kappa shape index (κ2) is 6.39. The first kappa shape index (κ1) is 13.7. The largest absolute Gasteiger partial charge is 0.377 e. The summed E-state index contributed by atoms with van der Waals surface area (Å²) in [6, 6.07) is 4.10. The SMILES string of the molecule is C=NN=C(N)SCCC(C)(C)c1ccncc1. The Labute approximate surface area is 106 Å². The molecule has 0 bridgehead atoms. The average molecular weight is 250 g/mol. The van der Waals surface area contributed by atoms with E-state index in [1.807, 2.05) is 24.5 Å². The molecule has 0 fully saturated rings. The first-order valence-corrected chi connectivity index (χ1v) is 6.37. The fourth-order valence-corrected chi connectivity index (χ4v) is 2.39. The number of amidine groups is 1. The van der Waals surface area contributed by atoms with Crippen LogP contribution >= 0.6 is 11.8 Å². The number of nitrogens with zero attached hydrogens (tertiary/aromatic N) is 3. The zero-order valence-electron chi connectivity index (χ0n) is 10.3. The van der Waals surface area contributed by atoms with Gasteiger partial charge < -0.3 is 5.73 Å². The third-order valence-electron chi connectivity index (χ3n) is 2.61. The molecule has 4 nitrogen and oxygen atoms in total. The maximum absolute atomic E-state index is 5.62. The van der Waals surface area contributed by atoms with Gasteiger partial charge in [0, 0.05) is 24.9 Å². The quantitative estimate of drug-likeness (QED) is 0.496. The summed E-state index contributed by atoms with van der Waals surface area (Å²) in [5, 5.41) is 7.53. The minimum atomic E-state index is 0.109. The van der Waals surface area contributed by atoms with Gasteiger partial charge in [0.05, 0.1) is 0 Å². The molecule has 0 spiro atoms. The van der Waals surface area contributed by atoms with Crippen LogP contribution in [0.15, 0.2) is 34.7 Å². The summed E-state index contributed by atoms with van der Waals surface area (Å²) < 4.78 is 0. The fraction of sp³-hybridized carbons (Fsp3) is 0.417. The van der Waals surface area contributed by atoms with Crippen LogP contribution in [-0.4, -0.2) is 22.6 Å². The Morgan fingerprint density at radius 1 is 1.47 bits per heavy atom. The highest BCUT2D eigenvalue weighted by Crippen LogP contribution is 2.27. The maximum Gasteiger partial charge on any atom is 0.180 e. The normalized spacial score (nSPS) is 12.5. The third-order valence-corrected chi connectivity index (χ3v) is 3.39. The summed E-state index contributed by atoms with van der Waals surface area (Å²) in [5.41, 5.74) is 7.01. The molecular formula is C12H18N4S. The van der Waals surface area contributed by atoms with E-state index >= 15 is 0 Å². The van der Waals surface area contributed by atoms with Crippen LogP contribution in [-0.2, 0) is 5.41 Å². The first-order valence-electron chi connectivity index (χ1n) is 5.39. The summed E-state index contributed by atoms with van der Waals surface area (Å²) in [4.78, 5) is 4.03. The van der Waals surface area contributed by atoms with Crippen molar-refractivity contribution in [3.8, 4) is 0 Å². The smallest absolute Gasteiger partial charge is 0.180 e. The van der Waals surface area contributed by atoms with Crippen LogP contribution in [0.1, 0.15) is 25.8 Å². The number of pyridine rings is 1. The van der Waals surface area contributed by atoms with Crippen LogP contribution in [0.5, 0.6) is 0 Å². The average Bonchev–Trinajstić information content (AvgIpc) is 2.30. The minimum Gasteiger partial charge on any atom is -0.377 e. The van der Waals surface area contributed by atoms with Crippen molar-refractivity contribution in [3.05, 3.63) is 30.1 Å². The maximum atomic E-state index is 5.62. The van der Waals surface area contributed by atoms with E-state index in [9.17, 15) is 0 Å². The third kappa shape index (κ3) is 4.56. The Bertz CT molecular complexity index is 387. The second-order valence-electron chi connectivity index (χ2n) is 4.30. The van der Waals surface area contributed by atoms with Gasteiger partial charge in [0.25, 0.3) is 0 Å². The zero-order valence-corrected chi connectivity index (χ0v) is 11.1. The molecule has 0 unspecified atom stereocenters. The van der Waals surface area contributed by atoms with Crippen LogP contribution in [0.3, 0.4) is 0 Å². The van der Waals surface area contributed by atoms with Gasteiger partial charge in [0.1, 0.15) is 0 Å². The number of rotatable bonds is 5. The van der Waals surface area contributed by atoms with E-state index in [0.29, 0.717) is 5.17 Å². The lowest BCUT2D eigenvalue weighted by Gasteiger charge is -2.24. The summed E-state index contributed by atoms with van der Waals surface area (Å²) in [7, 11) is 0. The summed E-state index contributed by atoms with van der Waals surface area (Å²) in [5.74, 6) is 0.903. The van der Waals surface area contributed by atoms with E-state index in [1.54, 1.807) is 0 Å². The lowest BCUT2D eigenvalue weighted by Crippen LogP contribution is -2.19. The fourth-order valence-electron chi connectivity index (χ4n) is 1.46. The van der Waals surface area contributed by atoms with E-state index in [0.717, 1.165) is 12.2 Å². The molecule has 1 aromatic rings. The van der Waals surface area contributed by atoms with Crippen LogP contribution in [0.2, 0.25) is 0 Å². The van der Waals surface area contributed by atoms with Crippen LogP contribution in [0.25, 0.3) is 0 Å². The summed E-state index contributed by atoms with van der Waals surface area (Å²) in [6.07, 6.45) is 4.65. The minimum absolute atomic E-state index is 0.109. The van der Waals surface area contributed by atoms with Gasteiger partial charge in [0.15, 0.2) is 5.17 Å². The molecule has 0 saturated heterocycles. The number of nitrogens with two attached hydrogens (primary N) is 1. The van der Waals surface area contributed by atoms with Crippen molar-refractivity contribution in [2.24, 2.45) is 15.9 Å². The van der Waals surface area contributed by atoms with Gasteiger partial charge in [-0.3, -0.25) is 4.98 Å². The van der Waals surface area contributed by atoms with Crippen LogP contribution < -0.4 is 5.73 Å². The number of hydrogen-bond acceptors (Lipinski definition) is 4. The molecule has 0 atom stereocenters. The standard InChI is InChI=1S/C12H18N4S/c1-12(2,10-4-7-15-8-5-10)6-9-17-11(13)16-14-3/h4-5,7-8H,3,6,9H2,1-2H3,(H2,13,16). The molecule has 1 aromatic heterocycles. The summed E-state index contributed by atoms with van der Waals surface area (Å²) in [6.45, 7) is 7.69. The first-order chi connectivity index (χ1) is 8.06. The Morgan fingerprint density at radius 2 is 2.12 bits per heavy atom. The number of thioether (sulfide) groups is 1. The van der Waals surface area contributed by atoms with Crippen LogP contribution in [0, 0.1) is 0 Å². The Balaban J connectivity index is 2.51. The predicted octanol–water partition coefficient (Wildman–Crippen LogP) is 2.41. The molecule has 0 aliphatic heterocycles. The van der Waals surface area contributed by atoms with Crippen molar-refractivity contribution < 1.29 is 0 Å². The van der Waals surface area contributed by atoms with Crippen molar-refractivity contribution >= 4 is 23.6 Å². The van der Waals surface area contributed by atoms with Crippen molar-refractivity contribution in [3.63, 3.8) is 0 Å². The molecule has 2 N–H and O–H groups in total. The van der Waals surface area contributed by atoms with E-state index in [4.69, 9.17) is 5.73 Å². The molecule has 0 aliphatic carbocycles. The highest BCUT2D eigenvalue weighted by molar-refractivity contribution is 8.13. The Hall–Kier alpha value is -1.36. The molecular weight excluding hydrogens is 232 g/mol. The van der Waals surface area contributed by atoms with Crippen molar-refractivity contribution in [2.75, 3.05) is 5.75 Å². The zero-order chi connectivity index (χ0) is 12.7. The van der Waals surface area contributed by atoms with Gasteiger partial charge in [-0.15, -0.1) is 5.10 Å². The van der Waals surface area contributed by atoms with Crippen molar-refractivity contribution in [1.29, 1.82) is 0 Å². The highest BCUT2D eigenvalue weighted by atomic mass is 32.2. The number of hydrogen-bond donors (Lipinski definition) is 1. The van der Waals surface area contributed by atoms with Crippen molar-refractivity contribution in [1.82, 2.24) is 4.98 Å². The van der Waals surface area contributed by atoms with Gasteiger partial charge in [-0.25, -0.2) is 0 Å². The highest BCUT2D eigenvalue weighted by Gasteiger charge is 2.20. The Kier molecular flexibility index (Phi) is 5.15. The van der Waals surface area contributed by atoms with Gasteiger partial charge in [-0.05, 0) is 29.5 Å². The van der Waals surface area contributed by atoms with Gasteiger partial charge in [-0.1, -0.05) is 25.6 Å². The number of aromatic nitrogens is 1. The van der Waals surface area contributed by atoms with E-state index in [2.05, 4.69) is 35.8 Å². The molecule has 1 rings (SSSR count). The lowest BCUT2D eigenvalue weighted by atomic mass is 9.83. The molecule has 0 saturated carbocycles. The predicted molar refractivity (Wildman–Crippen MR) is 75.5 cm³/mol. The molecule has 5 heteroatoms. The van der Waals surface area contributed by atoms with E-state index < -0.39 is 0 Å². The topological polar surface area (TPSA) is 63.6 Å². The van der Waals surface area contributed by atoms with Gasteiger partial charge in [0.2, 0.25) is 0 Å². The van der Waals surface area contributed by atoms with E-state index in [-0.39, 0.29) is 5.41 Å². The molecule has 0 aliphatic rings. The monoisotopic (exact) mass is 250 g/mol. The van der Waals surface area contributed by atoms with Gasteiger partial charge >= 0.3 is 0 Å². The second-order valence-corrected chi connectivity index (χ2v) is 5.41. The van der Waals surface area contributed by atoms with Crippen LogP contribution in [0.4, 0.5) is 0 Å². The molecule has 0 amide bonds. The molecule has 17 heavy (non-hydrogen) atoms. The van der Waals surface area contributed by atoms with Gasteiger partial charge in [-0.2, -0.15) is 5.10 Å². The molecule has 0 aromatic carbocycles. The van der Waals surface area contributed by atoms with E-state index in [1.165, 1.54) is 17.3 Å². The molecule has 1 heterocycles.